The van der Waals surface area contributed by atoms with Gasteiger partial charge in [0.1, 0.15) is 11.9 Å². The molecule has 13 unspecified atom stereocenters. The average Bonchev–Trinajstić information content (AvgIpc) is 1.47. The van der Waals surface area contributed by atoms with Crippen LogP contribution in [0.15, 0.2) is 128 Å². The van der Waals surface area contributed by atoms with Crippen LogP contribution >= 0.6 is 43.2 Å². The highest BCUT2D eigenvalue weighted by molar-refractivity contribution is 8.77. The summed E-state index contributed by atoms with van der Waals surface area (Å²) in [6, 6.07) is 38.6. The molecule has 0 amide bonds. The highest BCUT2D eigenvalue weighted by atomic mass is 33.1. The third kappa shape index (κ3) is 12.6. The fourth-order valence-electron chi connectivity index (χ4n) is 17.6. The summed E-state index contributed by atoms with van der Waals surface area (Å²) in [5.41, 5.74) is 7.00. The van der Waals surface area contributed by atoms with E-state index < -0.39 is 58.9 Å². The van der Waals surface area contributed by atoms with Crippen molar-refractivity contribution in [3.05, 3.63) is 183 Å². The zero-order chi connectivity index (χ0) is 62.8. The maximum atomic E-state index is 18.0. The minimum atomic E-state index is -1.77. The number of ether oxygens (including phenoxy) is 3. The maximum Gasteiger partial charge on any atom is 0.186 e. The molecule has 6 aliphatic rings. The lowest BCUT2D eigenvalue weighted by Gasteiger charge is -2.54. The van der Waals surface area contributed by atoms with Crippen LogP contribution in [0.5, 0.6) is 28.7 Å². The second-order valence-electron chi connectivity index (χ2n) is 26.7. The number of aryl methyl sites for hydroxylation is 1. The molecular weight excluding hydrogens is 1220 g/mol. The van der Waals surface area contributed by atoms with E-state index in [-0.39, 0.29) is 48.2 Å². The zero-order valence-corrected chi connectivity index (χ0v) is 55.5. The molecule has 0 spiro atoms. The van der Waals surface area contributed by atoms with E-state index in [1.54, 1.807) is 62.4 Å². The molecule has 2 bridgehead atoms. The number of carbonyl (C=O) groups is 1. The van der Waals surface area contributed by atoms with Crippen LogP contribution < -0.4 is 19.5 Å². The number of phenolic OH excluding ortho intramolecular Hbond substituents is 2. The number of aliphatic hydroxyl groups is 4. The molecule has 4 fully saturated rings. The van der Waals surface area contributed by atoms with Crippen molar-refractivity contribution >= 4 is 59.7 Å². The number of aromatic hydroxyl groups is 2. The molecular formula is C75H88N2O10S4. The number of methoxy groups -OCH3 is 1. The van der Waals surface area contributed by atoms with Gasteiger partial charge < -0.3 is 55.2 Å². The Morgan fingerprint density at radius 2 is 1.58 bits per heavy atom. The smallest absolute Gasteiger partial charge is 0.186 e. The summed E-state index contributed by atoms with van der Waals surface area (Å²) in [5.74, 6) is 0.418. The second kappa shape index (κ2) is 28.4. The number of phenols is 2. The standard InChI is InChI=1S/C75H88N2O10S4/c1-3-47-20-21-48-15-9-17-58-67(40-78)91-90-42-54-34-68(82)75(62-43-89-88-41-52-14-7-8-19-64(52)87-66-33-51(62)23-25-65(66)86-44-79,56-35-55(36-57(80)37-56)74-27-10-16-50(61(74)18-11-28-77-74)30-45-12-5-4-6-13-45)73(84)70(54)71(83)53(31-46-26-29-76-39-46)32-49-22-24-63(81)72(85-2)60(49)38-59(47)69(48)58/h4-6,9,12-13,15,17,20-26,29,33,35-37,39,50,52-54,61-62,64,67-68,70-71,76-83H,3,7-8,10-11,14,16,18-19,27-28,30-32,34,38,40-44H2,1-2H3. The summed E-state index contributed by atoms with van der Waals surface area (Å²) in [6.45, 7) is 2.23. The van der Waals surface area contributed by atoms with Gasteiger partial charge in [-0.15, -0.1) is 0 Å². The number of fused-ring (bicyclic) bond motifs is 6. The minimum absolute atomic E-state index is 0.00215. The topological polar surface area (TPSA) is 194 Å². The zero-order valence-electron chi connectivity index (χ0n) is 52.3. The first-order valence-electron chi connectivity index (χ1n) is 33.2. The van der Waals surface area contributed by atoms with Gasteiger partial charge in [0.25, 0.3) is 0 Å². The predicted molar refractivity (Wildman–Crippen MR) is 369 cm³/mol. The SMILES string of the molecule is CCc1ccc2cccc3c2c1Cc1c(ccc(O)c1OC)CC(Cc1cc[nH]c1)C(O)C1C(=O)C(c2cc(O)cc(C45CCCC(Cc6ccccc6)C4CCCN5)c2)(C2CSSCC4CCCCC4Oc4cc2ccc4OCO)C(O)CC1CSSC3CO. The van der Waals surface area contributed by atoms with E-state index in [1.807, 2.05) is 54.9 Å². The number of hydrogen-bond acceptors (Lipinski definition) is 15. The first-order chi connectivity index (χ1) is 44.5. The van der Waals surface area contributed by atoms with Gasteiger partial charge in [0, 0.05) is 64.9 Å². The number of nitrogens with one attached hydrogen (secondary N) is 2. The predicted octanol–water partition coefficient (Wildman–Crippen LogP) is 14.1. The maximum absolute atomic E-state index is 18.0. The molecule has 12 nitrogen and oxygen atoms in total. The molecule has 1 aromatic heterocycles. The summed E-state index contributed by atoms with van der Waals surface area (Å²) in [7, 11) is 8.22. The summed E-state index contributed by atoms with van der Waals surface area (Å²) in [6.07, 6.45) is 13.0. The van der Waals surface area contributed by atoms with Crippen molar-refractivity contribution in [2.24, 2.45) is 35.5 Å². The third-order valence-electron chi connectivity index (χ3n) is 21.9. The Balaban J connectivity index is 1.02. The van der Waals surface area contributed by atoms with E-state index in [0.29, 0.717) is 59.5 Å². The molecule has 13 atom stereocenters. The number of ketones is 1. The molecule has 7 aromatic rings. The Bertz CT molecular complexity index is 3660. The van der Waals surface area contributed by atoms with Crippen LogP contribution in [-0.4, -0.2) is 104 Å². The van der Waals surface area contributed by atoms with Gasteiger partial charge >= 0.3 is 0 Å². The number of hydrogen-bond donors (Lipinski definition) is 8. The van der Waals surface area contributed by atoms with Crippen molar-refractivity contribution in [2.75, 3.05) is 44.3 Å². The van der Waals surface area contributed by atoms with Gasteiger partial charge in [-0.25, -0.2) is 0 Å². The second-order valence-corrected chi connectivity index (χ2v) is 31.9. The number of benzene rings is 6. The Labute approximate surface area is 551 Å². The Kier molecular flexibility index (Phi) is 20.1. The van der Waals surface area contributed by atoms with Crippen molar-refractivity contribution in [1.29, 1.82) is 0 Å². The molecule has 4 heterocycles. The summed E-state index contributed by atoms with van der Waals surface area (Å²) < 4.78 is 19.2. The lowest BCUT2D eigenvalue weighted by atomic mass is 9.52. The van der Waals surface area contributed by atoms with E-state index in [2.05, 4.69) is 77.9 Å². The fraction of sp³-hybridized carbons (Fsp3) is 0.480. The Morgan fingerprint density at radius 3 is 2.40 bits per heavy atom. The number of H-pyrrole nitrogens is 1. The minimum Gasteiger partial charge on any atom is -0.508 e. The number of piperidine rings is 1. The van der Waals surface area contributed by atoms with Gasteiger partial charge in [-0.2, -0.15) is 0 Å². The van der Waals surface area contributed by atoms with Crippen molar-refractivity contribution < 1.29 is 49.6 Å². The normalized spacial score (nSPS) is 29.8. The van der Waals surface area contributed by atoms with Crippen LogP contribution in [0.25, 0.3) is 10.8 Å². The van der Waals surface area contributed by atoms with Crippen LogP contribution in [0, 0.1) is 35.5 Å². The van der Waals surface area contributed by atoms with E-state index in [4.69, 9.17) is 14.2 Å². The van der Waals surface area contributed by atoms with E-state index >= 15 is 4.79 Å². The highest BCUT2D eigenvalue weighted by Gasteiger charge is 2.62. The summed E-state index contributed by atoms with van der Waals surface area (Å²) in [4.78, 5) is 21.3. The Morgan fingerprint density at radius 1 is 0.758 bits per heavy atom. The lowest BCUT2D eigenvalue weighted by Crippen LogP contribution is -2.63. The van der Waals surface area contributed by atoms with Gasteiger partial charge in [-0.05, 0) is 205 Å². The van der Waals surface area contributed by atoms with Gasteiger partial charge in [0.05, 0.1) is 36.6 Å². The first kappa shape index (κ1) is 64.4. The van der Waals surface area contributed by atoms with Crippen LogP contribution in [0.4, 0.5) is 0 Å². The van der Waals surface area contributed by atoms with Gasteiger partial charge in [0.2, 0.25) is 0 Å². The highest BCUT2D eigenvalue weighted by Crippen LogP contribution is 2.59. The number of aliphatic hydroxyl groups excluding tert-OH is 4. The lowest BCUT2D eigenvalue weighted by molar-refractivity contribution is -0.150. The molecule has 13 rings (SSSR count). The number of carbonyl (C=O) groups excluding carboxylic acids is 1. The van der Waals surface area contributed by atoms with Crippen molar-refractivity contribution in [3.8, 4) is 28.7 Å². The van der Waals surface area contributed by atoms with E-state index in [0.717, 1.165) is 138 Å². The molecule has 482 valence electrons. The molecule has 8 N–H and O–H groups in total. The van der Waals surface area contributed by atoms with Crippen molar-refractivity contribution in [2.45, 2.75) is 144 Å². The Hall–Kier alpha value is -5.27. The molecule has 3 aliphatic carbocycles. The molecule has 16 heteroatoms. The van der Waals surface area contributed by atoms with Crippen LogP contribution in [0.1, 0.15) is 138 Å². The monoisotopic (exact) mass is 1300 g/mol. The van der Waals surface area contributed by atoms with Gasteiger partial charge in [-0.1, -0.05) is 142 Å². The molecule has 1 saturated heterocycles. The van der Waals surface area contributed by atoms with Crippen LogP contribution in [-0.2, 0) is 47.9 Å². The molecule has 91 heavy (non-hydrogen) atoms. The average molecular weight is 1310 g/mol. The molecule has 3 saturated carbocycles. The quantitative estimate of drug-likeness (QED) is 0.0425. The number of aromatic nitrogens is 1. The number of aromatic amines is 1. The summed E-state index contributed by atoms with van der Waals surface area (Å²) in [5, 5.41) is 80.6. The number of Topliss-reactive ketones (excluding diaryl/α,β-unsaturated/α-hetero) is 1. The number of rotatable bonds is 12. The van der Waals surface area contributed by atoms with Crippen LogP contribution in [0.2, 0.25) is 0 Å². The van der Waals surface area contributed by atoms with Gasteiger partial charge in [0.15, 0.2) is 35.6 Å². The van der Waals surface area contributed by atoms with Crippen LogP contribution in [0.3, 0.4) is 0 Å². The third-order valence-corrected chi connectivity index (χ3v) is 27.3. The molecule has 0 radical (unpaired) electrons. The van der Waals surface area contributed by atoms with Crippen molar-refractivity contribution in [1.82, 2.24) is 10.3 Å². The molecule has 3 aliphatic heterocycles. The fourth-order valence-corrected chi connectivity index (χ4v) is 23.3. The van der Waals surface area contributed by atoms with E-state index in [9.17, 15) is 30.6 Å². The van der Waals surface area contributed by atoms with Crippen molar-refractivity contribution in [3.63, 3.8) is 0 Å². The first-order valence-corrected chi connectivity index (χ1v) is 38.1. The largest absolute Gasteiger partial charge is 0.508 e. The summed E-state index contributed by atoms with van der Waals surface area (Å²) >= 11 is 0. The van der Waals surface area contributed by atoms with E-state index in [1.165, 1.54) is 5.56 Å². The van der Waals surface area contributed by atoms with Gasteiger partial charge in [-0.3, -0.25) is 4.79 Å². The molecule has 6 aromatic carbocycles.